The number of β-amino-alcohol motifs (C(OH)–C–C–N with tert-alkyl or cyclic N) is 1. The summed E-state index contributed by atoms with van der Waals surface area (Å²) in [5.74, 6) is -0.963. The van der Waals surface area contributed by atoms with Crippen LogP contribution in [-0.2, 0) is 20.8 Å². The van der Waals surface area contributed by atoms with Gasteiger partial charge < -0.3 is 20.6 Å². The van der Waals surface area contributed by atoms with Gasteiger partial charge in [-0.3, -0.25) is 14.4 Å². The first-order valence-electron chi connectivity index (χ1n) is 8.45. The highest BCUT2D eigenvalue weighted by molar-refractivity contribution is 5.92. The van der Waals surface area contributed by atoms with Gasteiger partial charge in [-0.1, -0.05) is 30.3 Å². The number of hydrogen-bond acceptors (Lipinski definition) is 4. The molecule has 1 aliphatic rings. The summed E-state index contributed by atoms with van der Waals surface area (Å²) in [6, 6.07) is 8.33. The second-order valence-corrected chi connectivity index (χ2v) is 6.34. The van der Waals surface area contributed by atoms with Crippen LogP contribution in [-0.4, -0.2) is 59.0 Å². The van der Waals surface area contributed by atoms with Crippen molar-refractivity contribution in [3.8, 4) is 0 Å². The molecule has 0 radical (unpaired) electrons. The quantitative estimate of drug-likeness (QED) is 0.665. The van der Waals surface area contributed by atoms with E-state index in [1.54, 1.807) is 6.92 Å². The van der Waals surface area contributed by atoms with Gasteiger partial charge in [-0.15, -0.1) is 0 Å². The van der Waals surface area contributed by atoms with Gasteiger partial charge in [0.15, 0.2) is 0 Å². The molecule has 1 fully saturated rings. The number of aliphatic hydroxyl groups excluding tert-OH is 1. The Bertz CT molecular complexity index is 620. The number of rotatable bonds is 6. The maximum absolute atomic E-state index is 12.5. The average Bonchev–Trinajstić information content (AvgIpc) is 2.96. The normalized spacial score (nSPS) is 20.8. The predicted molar refractivity (Wildman–Crippen MR) is 92.6 cm³/mol. The van der Waals surface area contributed by atoms with Gasteiger partial charge in [0, 0.05) is 26.4 Å². The molecule has 2 rings (SSSR count). The Morgan fingerprint density at radius 2 is 1.96 bits per heavy atom. The molecule has 7 heteroatoms. The van der Waals surface area contributed by atoms with Crippen LogP contribution in [0.3, 0.4) is 0 Å². The van der Waals surface area contributed by atoms with Crippen molar-refractivity contribution in [2.24, 2.45) is 0 Å². The fraction of sp³-hybridized carbons (Fsp3) is 0.500. The van der Waals surface area contributed by atoms with Crippen LogP contribution in [0, 0.1) is 0 Å². The van der Waals surface area contributed by atoms with Gasteiger partial charge in [-0.2, -0.15) is 0 Å². The molecule has 0 aliphatic carbocycles. The minimum atomic E-state index is -0.738. The van der Waals surface area contributed by atoms with E-state index in [0.29, 0.717) is 13.0 Å². The van der Waals surface area contributed by atoms with Crippen molar-refractivity contribution in [2.75, 3.05) is 13.1 Å². The predicted octanol–water partition coefficient (Wildman–Crippen LogP) is -0.168. The van der Waals surface area contributed by atoms with Crippen LogP contribution in [0.5, 0.6) is 0 Å². The number of amides is 3. The van der Waals surface area contributed by atoms with Crippen LogP contribution in [0.25, 0.3) is 0 Å². The lowest BCUT2D eigenvalue weighted by Crippen LogP contribution is -2.52. The van der Waals surface area contributed by atoms with Crippen molar-refractivity contribution in [2.45, 2.75) is 44.9 Å². The minimum absolute atomic E-state index is 0.0968. The Hall–Kier alpha value is -2.41. The summed E-state index contributed by atoms with van der Waals surface area (Å²) >= 11 is 0. The summed E-state index contributed by atoms with van der Waals surface area (Å²) in [6.45, 7) is 3.45. The Kier molecular flexibility index (Phi) is 6.52. The highest BCUT2D eigenvalue weighted by atomic mass is 16.3. The molecule has 1 heterocycles. The van der Waals surface area contributed by atoms with Gasteiger partial charge in [0.2, 0.25) is 17.7 Å². The van der Waals surface area contributed by atoms with Crippen molar-refractivity contribution in [3.63, 3.8) is 0 Å². The highest BCUT2D eigenvalue weighted by Crippen LogP contribution is 2.19. The number of nitrogens with zero attached hydrogens (tertiary/aromatic N) is 1. The Labute approximate surface area is 147 Å². The number of carbonyl (C=O) groups excluding carboxylic acids is 3. The smallest absolute Gasteiger partial charge is 0.245 e. The van der Waals surface area contributed by atoms with E-state index in [1.165, 1.54) is 11.8 Å². The van der Waals surface area contributed by atoms with E-state index in [-0.39, 0.29) is 30.7 Å². The molecule has 3 amide bonds. The van der Waals surface area contributed by atoms with Crippen molar-refractivity contribution < 1.29 is 19.5 Å². The molecule has 0 saturated carbocycles. The lowest BCUT2D eigenvalue weighted by atomic mass is 10.1. The minimum Gasteiger partial charge on any atom is -0.391 e. The molecule has 1 saturated heterocycles. The lowest BCUT2D eigenvalue weighted by Gasteiger charge is -2.26. The number of nitrogens with one attached hydrogen (secondary N) is 2. The van der Waals surface area contributed by atoms with Crippen LogP contribution in [0.2, 0.25) is 0 Å². The van der Waals surface area contributed by atoms with Crippen molar-refractivity contribution >= 4 is 17.7 Å². The summed E-state index contributed by atoms with van der Waals surface area (Å²) in [7, 11) is 0. The van der Waals surface area contributed by atoms with Crippen LogP contribution in [0.1, 0.15) is 25.8 Å². The SMILES string of the molecule is CC(=O)NC(C)C(=O)N1CC(O)CC1C(=O)NCCc1ccccc1. The van der Waals surface area contributed by atoms with Crippen LogP contribution < -0.4 is 10.6 Å². The summed E-state index contributed by atoms with van der Waals surface area (Å²) in [5.41, 5.74) is 1.11. The maximum Gasteiger partial charge on any atom is 0.245 e. The van der Waals surface area contributed by atoms with E-state index in [4.69, 9.17) is 0 Å². The standard InChI is InChI=1S/C18H25N3O4/c1-12(20-13(2)22)18(25)21-11-15(23)10-16(21)17(24)19-9-8-14-6-4-3-5-7-14/h3-7,12,15-16,23H,8-11H2,1-2H3,(H,19,24)(H,20,22). The molecule has 0 spiro atoms. The van der Waals surface area contributed by atoms with E-state index >= 15 is 0 Å². The Balaban J connectivity index is 1.92. The van der Waals surface area contributed by atoms with Crippen LogP contribution in [0.4, 0.5) is 0 Å². The zero-order valence-corrected chi connectivity index (χ0v) is 14.6. The first-order valence-corrected chi connectivity index (χ1v) is 8.45. The monoisotopic (exact) mass is 347 g/mol. The van der Waals surface area contributed by atoms with E-state index in [2.05, 4.69) is 10.6 Å². The van der Waals surface area contributed by atoms with E-state index in [1.807, 2.05) is 30.3 Å². The third-order valence-electron chi connectivity index (χ3n) is 4.21. The van der Waals surface area contributed by atoms with Crippen molar-refractivity contribution in [1.82, 2.24) is 15.5 Å². The summed E-state index contributed by atoms with van der Waals surface area (Å²) in [6.07, 6.45) is 0.159. The molecule has 3 unspecified atom stereocenters. The molecular formula is C18H25N3O4. The largest absolute Gasteiger partial charge is 0.391 e. The highest BCUT2D eigenvalue weighted by Gasteiger charge is 2.40. The van der Waals surface area contributed by atoms with Gasteiger partial charge >= 0.3 is 0 Å². The first kappa shape index (κ1) is 18.9. The number of carbonyl (C=O) groups is 3. The van der Waals surface area contributed by atoms with E-state index < -0.39 is 18.2 Å². The van der Waals surface area contributed by atoms with Gasteiger partial charge in [0.25, 0.3) is 0 Å². The summed E-state index contributed by atoms with van der Waals surface area (Å²) < 4.78 is 0. The molecule has 0 bridgehead atoms. The fourth-order valence-electron chi connectivity index (χ4n) is 3.01. The molecule has 7 nitrogen and oxygen atoms in total. The molecule has 3 atom stereocenters. The molecule has 3 N–H and O–H groups in total. The lowest BCUT2D eigenvalue weighted by molar-refractivity contribution is -0.140. The molecule has 1 aromatic carbocycles. The van der Waals surface area contributed by atoms with Crippen molar-refractivity contribution in [3.05, 3.63) is 35.9 Å². The molecule has 1 aliphatic heterocycles. The first-order chi connectivity index (χ1) is 11.9. The zero-order chi connectivity index (χ0) is 18.4. The zero-order valence-electron chi connectivity index (χ0n) is 14.6. The summed E-state index contributed by atoms with van der Waals surface area (Å²) in [5, 5.41) is 15.2. The van der Waals surface area contributed by atoms with Crippen molar-refractivity contribution in [1.29, 1.82) is 0 Å². The van der Waals surface area contributed by atoms with Crippen LogP contribution in [0.15, 0.2) is 30.3 Å². The topological polar surface area (TPSA) is 98.7 Å². The molecule has 136 valence electrons. The number of hydrogen-bond donors (Lipinski definition) is 3. The third-order valence-corrected chi connectivity index (χ3v) is 4.21. The Morgan fingerprint density at radius 3 is 2.60 bits per heavy atom. The second kappa shape index (κ2) is 8.62. The third kappa shape index (κ3) is 5.29. The number of aliphatic hydroxyl groups is 1. The maximum atomic E-state index is 12.5. The van der Waals surface area contributed by atoms with Gasteiger partial charge in [0.05, 0.1) is 6.10 Å². The molecule has 25 heavy (non-hydrogen) atoms. The summed E-state index contributed by atoms with van der Waals surface area (Å²) in [4.78, 5) is 37.4. The van der Waals surface area contributed by atoms with Gasteiger partial charge in [-0.25, -0.2) is 0 Å². The van der Waals surface area contributed by atoms with Gasteiger partial charge in [-0.05, 0) is 18.9 Å². The number of likely N-dealkylation sites (tertiary alicyclic amines) is 1. The molecule has 1 aromatic rings. The van der Waals surface area contributed by atoms with E-state index in [9.17, 15) is 19.5 Å². The van der Waals surface area contributed by atoms with Crippen LogP contribution >= 0.6 is 0 Å². The second-order valence-electron chi connectivity index (χ2n) is 6.34. The Morgan fingerprint density at radius 1 is 1.28 bits per heavy atom. The average molecular weight is 347 g/mol. The van der Waals surface area contributed by atoms with E-state index in [0.717, 1.165) is 5.56 Å². The molecular weight excluding hydrogens is 322 g/mol. The van der Waals surface area contributed by atoms with Gasteiger partial charge in [0.1, 0.15) is 12.1 Å². The molecule has 0 aromatic heterocycles. The fourth-order valence-corrected chi connectivity index (χ4v) is 3.01. The number of benzene rings is 1.